The molecule has 6 N–H and O–H groups in total. The summed E-state index contributed by atoms with van der Waals surface area (Å²) in [6.45, 7) is 18.1. The van der Waals surface area contributed by atoms with Gasteiger partial charge in [-0.1, -0.05) is 64.4 Å². The van der Waals surface area contributed by atoms with Gasteiger partial charge in [-0.15, -0.1) is 0 Å². The SMILES string of the molecule is CCCC(C)(O)C(O)C(C)C(OCCOC)C(C)CC(C)(O)C(O[C@@H]1O[C@H](C)C[C@H](NS(=O)(=O)c2ccccc2)[C@H]1O)C(C)C(O[C@H]1C[C@@](C)(OC)[C@@H](O)[C@H](C)O1)C(C)C=NOC. The Bertz CT molecular complexity index is 1620. The van der Waals surface area contributed by atoms with Crippen LogP contribution >= 0.6 is 0 Å². The van der Waals surface area contributed by atoms with E-state index < -0.39 is 118 Å². The zero-order chi connectivity index (χ0) is 47.5. The molecule has 2 aliphatic heterocycles. The van der Waals surface area contributed by atoms with Crippen LogP contribution in [-0.2, 0) is 48.0 Å². The molecule has 2 fully saturated rings. The van der Waals surface area contributed by atoms with Crippen molar-refractivity contribution in [3.8, 4) is 0 Å². The Morgan fingerprint density at radius 1 is 0.968 bits per heavy atom. The summed E-state index contributed by atoms with van der Waals surface area (Å²) >= 11 is 0. The average molecular weight is 921 g/mol. The van der Waals surface area contributed by atoms with E-state index >= 15 is 0 Å². The van der Waals surface area contributed by atoms with Crippen molar-refractivity contribution in [3.63, 3.8) is 0 Å². The van der Waals surface area contributed by atoms with Crippen molar-refractivity contribution in [2.45, 2.75) is 190 Å². The van der Waals surface area contributed by atoms with Gasteiger partial charge in [-0.05, 0) is 71.9 Å². The standard InChI is InChI=1S/C45H80N2O15S/c1-14-20-43(8,51)39(49)30(5)37(58-22-21-55-11)27(2)24-44(9,52)41(62-42-36(48)34(23-29(4)59-42)47-63(53,54)33-18-16-15-17-19-33)31(6)38(28(3)26-46-57-13)61-35-25-45(10,56-12)40(50)32(7)60-35/h15-19,26-32,34-42,47-52H,14,20-25H2,1-13H3/t27?,28?,29-,30?,31?,32+,34+,35+,36-,37?,38?,39?,40+,41?,42+,43?,44?,45-/m1/s1. The number of hydrogen-bond acceptors (Lipinski definition) is 16. The van der Waals surface area contributed by atoms with Crippen molar-refractivity contribution in [1.82, 2.24) is 4.72 Å². The number of ether oxygens (including phenoxy) is 7. The quantitative estimate of drug-likeness (QED) is 0.0441. The van der Waals surface area contributed by atoms with Gasteiger partial charge in [-0.3, -0.25) is 0 Å². The predicted molar refractivity (Wildman–Crippen MR) is 236 cm³/mol. The van der Waals surface area contributed by atoms with Gasteiger partial charge in [0.15, 0.2) is 12.6 Å². The van der Waals surface area contributed by atoms with Gasteiger partial charge in [-0.2, -0.15) is 0 Å². The number of benzene rings is 1. The predicted octanol–water partition coefficient (Wildman–Crippen LogP) is 3.76. The number of aliphatic hydroxyl groups is 5. The molecule has 18 heteroatoms. The molecule has 17 nitrogen and oxygen atoms in total. The van der Waals surface area contributed by atoms with Crippen LogP contribution in [0, 0.1) is 23.7 Å². The van der Waals surface area contributed by atoms with Crippen molar-refractivity contribution in [1.29, 1.82) is 0 Å². The first-order chi connectivity index (χ1) is 29.4. The smallest absolute Gasteiger partial charge is 0.240 e. The van der Waals surface area contributed by atoms with Gasteiger partial charge >= 0.3 is 0 Å². The number of aliphatic hydroxyl groups excluding tert-OH is 3. The second kappa shape index (κ2) is 24.2. The van der Waals surface area contributed by atoms with E-state index in [1.165, 1.54) is 26.4 Å². The second-order valence-corrected chi connectivity index (χ2v) is 20.3. The van der Waals surface area contributed by atoms with E-state index in [2.05, 4.69) is 9.88 Å². The molecule has 1 aromatic carbocycles. The molecule has 2 saturated heterocycles. The number of methoxy groups -OCH3 is 2. The highest BCUT2D eigenvalue weighted by Crippen LogP contribution is 2.40. The molecule has 0 radical (unpaired) electrons. The molecule has 0 spiro atoms. The minimum Gasteiger partial charge on any atom is -0.399 e. The zero-order valence-electron chi connectivity index (χ0n) is 39.7. The van der Waals surface area contributed by atoms with Crippen LogP contribution in [0.3, 0.4) is 0 Å². The fraction of sp³-hybridized carbons (Fsp3) is 0.844. The summed E-state index contributed by atoms with van der Waals surface area (Å²) < 4.78 is 73.0. The minimum absolute atomic E-state index is 0.00717. The number of hydrogen-bond donors (Lipinski definition) is 6. The minimum atomic E-state index is -4.07. The third kappa shape index (κ3) is 14.8. The lowest BCUT2D eigenvalue weighted by Crippen LogP contribution is -2.61. The molecule has 0 aromatic heterocycles. The van der Waals surface area contributed by atoms with Crippen LogP contribution in [0.25, 0.3) is 0 Å². The summed E-state index contributed by atoms with van der Waals surface area (Å²) in [4.78, 5) is 5.08. The number of nitrogens with zero attached hydrogens (tertiary/aromatic N) is 1. The highest BCUT2D eigenvalue weighted by atomic mass is 32.2. The molecule has 366 valence electrons. The number of nitrogens with one attached hydrogen (secondary N) is 1. The molecule has 63 heavy (non-hydrogen) atoms. The Hall–Kier alpha value is -1.88. The Balaban J connectivity index is 2.13. The van der Waals surface area contributed by atoms with Crippen LogP contribution in [0.2, 0.25) is 0 Å². The molecule has 10 unspecified atom stereocenters. The number of oxime groups is 1. The maximum Gasteiger partial charge on any atom is 0.240 e. The molecular weight excluding hydrogens is 841 g/mol. The second-order valence-electron chi connectivity index (χ2n) is 18.6. The van der Waals surface area contributed by atoms with Crippen molar-refractivity contribution in [2.75, 3.05) is 34.5 Å². The molecular formula is C45H80N2O15S. The van der Waals surface area contributed by atoms with Crippen molar-refractivity contribution >= 4 is 16.2 Å². The highest BCUT2D eigenvalue weighted by molar-refractivity contribution is 7.89. The highest BCUT2D eigenvalue weighted by Gasteiger charge is 2.51. The van der Waals surface area contributed by atoms with Crippen molar-refractivity contribution < 1.29 is 71.9 Å². The van der Waals surface area contributed by atoms with Gasteiger partial charge in [0.05, 0.1) is 77.6 Å². The van der Waals surface area contributed by atoms with Crippen molar-refractivity contribution in [3.05, 3.63) is 30.3 Å². The van der Waals surface area contributed by atoms with Gasteiger partial charge in [0.1, 0.15) is 19.3 Å². The maximum absolute atomic E-state index is 13.5. The molecule has 0 bridgehead atoms. The molecule has 0 aliphatic carbocycles. The molecule has 2 heterocycles. The first kappa shape index (κ1) is 55.4. The Morgan fingerprint density at radius 3 is 2.21 bits per heavy atom. The lowest BCUT2D eigenvalue weighted by atomic mass is 9.74. The van der Waals surface area contributed by atoms with Gasteiger partial charge < -0.3 is 63.5 Å². The van der Waals surface area contributed by atoms with Crippen LogP contribution < -0.4 is 4.72 Å². The summed E-state index contributed by atoms with van der Waals surface area (Å²) in [6, 6.07) is 6.80. The van der Waals surface area contributed by atoms with E-state index in [1.54, 1.807) is 73.1 Å². The van der Waals surface area contributed by atoms with E-state index in [1.807, 2.05) is 27.7 Å². The Kier molecular flexibility index (Phi) is 21.3. The third-order valence-corrected chi connectivity index (χ3v) is 14.4. The lowest BCUT2D eigenvalue weighted by Gasteiger charge is -2.48. The monoisotopic (exact) mass is 921 g/mol. The fourth-order valence-electron chi connectivity index (χ4n) is 9.43. The largest absolute Gasteiger partial charge is 0.399 e. The number of rotatable bonds is 26. The van der Waals surface area contributed by atoms with Gasteiger partial charge in [0.2, 0.25) is 10.0 Å². The van der Waals surface area contributed by atoms with Crippen LogP contribution in [-0.4, -0.2) is 159 Å². The first-order valence-corrected chi connectivity index (χ1v) is 23.8. The fourth-order valence-corrected chi connectivity index (χ4v) is 10.7. The summed E-state index contributed by atoms with van der Waals surface area (Å²) in [5, 5.41) is 62.6. The topological polar surface area (TPSA) is 234 Å². The maximum atomic E-state index is 13.5. The molecule has 1 aromatic rings. The Morgan fingerprint density at radius 2 is 1.62 bits per heavy atom. The average Bonchev–Trinajstić information content (AvgIpc) is 3.22. The third-order valence-electron chi connectivity index (χ3n) is 12.9. The summed E-state index contributed by atoms with van der Waals surface area (Å²) in [6.07, 6.45) is -7.16. The van der Waals surface area contributed by atoms with Gasteiger partial charge in [0, 0.05) is 44.6 Å². The van der Waals surface area contributed by atoms with E-state index in [9.17, 15) is 34.0 Å². The van der Waals surface area contributed by atoms with Gasteiger partial charge in [0.25, 0.3) is 0 Å². The van der Waals surface area contributed by atoms with E-state index in [4.69, 9.17) is 38.0 Å². The molecule has 2 aliphatic rings. The van der Waals surface area contributed by atoms with E-state index in [-0.39, 0.29) is 37.4 Å². The van der Waals surface area contributed by atoms with E-state index in [0.29, 0.717) is 12.8 Å². The van der Waals surface area contributed by atoms with Gasteiger partial charge in [-0.25, -0.2) is 13.1 Å². The molecule has 3 rings (SSSR count). The zero-order valence-corrected chi connectivity index (χ0v) is 40.6. The number of sulfonamides is 1. The summed E-state index contributed by atoms with van der Waals surface area (Å²) in [5.74, 6) is -2.37. The van der Waals surface area contributed by atoms with Crippen LogP contribution in [0.15, 0.2) is 40.4 Å². The Labute approximate surface area is 376 Å². The van der Waals surface area contributed by atoms with Crippen molar-refractivity contribution in [2.24, 2.45) is 28.8 Å². The van der Waals surface area contributed by atoms with Crippen LogP contribution in [0.1, 0.15) is 101 Å². The van der Waals surface area contributed by atoms with E-state index in [0.717, 1.165) is 0 Å². The molecule has 18 atom stereocenters. The lowest BCUT2D eigenvalue weighted by molar-refractivity contribution is -0.314. The summed E-state index contributed by atoms with van der Waals surface area (Å²) in [5.41, 5.74) is -4.21. The molecule has 0 saturated carbocycles. The first-order valence-electron chi connectivity index (χ1n) is 22.3. The molecule has 0 amide bonds. The normalized spacial score (nSPS) is 31.8. The summed E-state index contributed by atoms with van der Waals surface area (Å²) in [7, 11) is 0.401. The van der Waals surface area contributed by atoms with Crippen LogP contribution in [0.5, 0.6) is 0 Å². The van der Waals surface area contributed by atoms with Crippen LogP contribution in [0.4, 0.5) is 0 Å².